The van der Waals surface area contributed by atoms with Crippen LogP contribution in [-0.2, 0) is 6.54 Å². The molecule has 6 heteroatoms. The number of piperidine rings is 1. The number of aromatic nitrogens is 1. The second kappa shape index (κ2) is 6.83. The van der Waals surface area contributed by atoms with Gasteiger partial charge in [0.2, 0.25) is 0 Å². The minimum atomic E-state index is -2.45. The Labute approximate surface area is 117 Å². The summed E-state index contributed by atoms with van der Waals surface area (Å²) in [6.07, 6.45) is 1.01. The molecule has 0 bridgehead atoms. The molecular formula is C14H21F2N3O. The van der Waals surface area contributed by atoms with Gasteiger partial charge in [0.1, 0.15) is 5.69 Å². The molecule has 2 rings (SSSR count). The van der Waals surface area contributed by atoms with Crippen molar-refractivity contribution in [3.8, 4) is 0 Å². The molecule has 1 aromatic rings. The van der Waals surface area contributed by atoms with Gasteiger partial charge in [-0.2, -0.15) is 0 Å². The number of likely N-dealkylation sites (tertiary alicyclic amines) is 1. The number of hydrogen-bond donors (Lipinski definition) is 1. The second-order valence-corrected chi connectivity index (χ2v) is 5.23. The number of nitrogens with one attached hydrogen (secondary N) is 1. The fraction of sp³-hybridized carbons (Fsp3) is 0.643. The summed E-state index contributed by atoms with van der Waals surface area (Å²) in [4.78, 5) is 14.1. The van der Waals surface area contributed by atoms with Crippen molar-refractivity contribution in [1.82, 2.24) is 14.8 Å². The summed E-state index contributed by atoms with van der Waals surface area (Å²) >= 11 is 0. The summed E-state index contributed by atoms with van der Waals surface area (Å²) in [7, 11) is 1.93. The van der Waals surface area contributed by atoms with E-state index in [0.717, 1.165) is 19.4 Å². The van der Waals surface area contributed by atoms with E-state index in [1.54, 1.807) is 17.0 Å². The number of rotatable bonds is 5. The SMILES string of the molecule is CNCC1CCN(C(=O)c2cccn2CC(F)F)CC1. The number of carbonyl (C=O) groups is 1. The van der Waals surface area contributed by atoms with Crippen LogP contribution in [0.3, 0.4) is 0 Å². The third kappa shape index (κ3) is 3.56. The number of halogens is 2. The Bertz CT molecular complexity index is 439. The summed E-state index contributed by atoms with van der Waals surface area (Å²) in [5, 5.41) is 3.15. The van der Waals surface area contributed by atoms with Gasteiger partial charge in [0.15, 0.2) is 0 Å². The molecular weight excluding hydrogens is 264 g/mol. The molecule has 112 valence electrons. The highest BCUT2D eigenvalue weighted by atomic mass is 19.3. The summed E-state index contributed by atoms with van der Waals surface area (Å²) in [5.74, 6) is 0.454. The fourth-order valence-electron chi connectivity index (χ4n) is 2.71. The van der Waals surface area contributed by atoms with Gasteiger partial charge in [-0.1, -0.05) is 0 Å². The molecule has 0 atom stereocenters. The Morgan fingerprint density at radius 1 is 1.45 bits per heavy atom. The molecule has 0 radical (unpaired) electrons. The highest BCUT2D eigenvalue weighted by Crippen LogP contribution is 2.19. The Hall–Kier alpha value is -1.43. The van der Waals surface area contributed by atoms with E-state index >= 15 is 0 Å². The first-order valence-electron chi connectivity index (χ1n) is 6.99. The van der Waals surface area contributed by atoms with Crippen molar-refractivity contribution < 1.29 is 13.6 Å². The van der Waals surface area contributed by atoms with E-state index in [0.29, 0.717) is 24.7 Å². The average molecular weight is 285 g/mol. The normalized spacial score (nSPS) is 16.9. The quantitative estimate of drug-likeness (QED) is 0.896. The van der Waals surface area contributed by atoms with Crippen LogP contribution in [0.4, 0.5) is 8.78 Å². The molecule has 1 aliphatic heterocycles. The van der Waals surface area contributed by atoms with Crippen molar-refractivity contribution in [2.45, 2.75) is 25.8 Å². The third-order valence-corrected chi connectivity index (χ3v) is 3.78. The van der Waals surface area contributed by atoms with Crippen LogP contribution in [0.1, 0.15) is 23.3 Å². The van der Waals surface area contributed by atoms with Crippen LogP contribution in [0.5, 0.6) is 0 Å². The predicted molar refractivity (Wildman–Crippen MR) is 73.0 cm³/mol. The first-order chi connectivity index (χ1) is 9.61. The number of hydrogen-bond acceptors (Lipinski definition) is 2. The van der Waals surface area contributed by atoms with E-state index in [1.165, 1.54) is 10.8 Å². The zero-order chi connectivity index (χ0) is 14.5. The molecule has 1 fully saturated rings. The highest BCUT2D eigenvalue weighted by Gasteiger charge is 2.25. The predicted octanol–water partition coefficient (Wildman–Crippen LogP) is 1.82. The van der Waals surface area contributed by atoms with Crippen molar-refractivity contribution in [3.05, 3.63) is 24.0 Å². The lowest BCUT2D eigenvalue weighted by Crippen LogP contribution is -2.41. The first kappa shape index (κ1) is 15.0. The largest absolute Gasteiger partial charge is 0.338 e. The zero-order valence-corrected chi connectivity index (χ0v) is 11.7. The van der Waals surface area contributed by atoms with Crippen LogP contribution in [0.25, 0.3) is 0 Å². The minimum absolute atomic E-state index is 0.140. The lowest BCUT2D eigenvalue weighted by Gasteiger charge is -2.32. The topological polar surface area (TPSA) is 37.3 Å². The van der Waals surface area contributed by atoms with E-state index in [1.807, 2.05) is 7.05 Å². The maximum atomic E-state index is 12.5. The number of carbonyl (C=O) groups excluding carboxylic acids is 1. The summed E-state index contributed by atoms with van der Waals surface area (Å²) in [6, 6.07) is 3.26. The van der Waals surface area contributed by atoms with Gasteiger partial charge in [-0.3, -0.25) is 4.79 Å². The van der Waals surface area contributed by atoms with Gasteiger partial charge in [0, 0.05) is 19.3 Å². The number of nitrogens with zero attached hydrogens (tertiary/aromatic N) is 2. The van der Waals surface area contributed by atoms with Crippen LogP contribution in [0.2, 0.25) is 0 Å². The Kier molecular flexibility index (Phi) is 5.11. The third-order valence-electron chi connectivity index (χ3n) is 3.78. The molecule has 1 aromatic heterocycles. The van der Waals surface area contributed by atoms with Crippen LogP contribution >= 0.6 is 0 Å². The van der Waals surface area contributed by atoms with Crippen LogP contribution in [-0.4, -0.2) is 48.5 Å². The maximum absolute atomic E-state index is 12.5. The highest BCUT2D eigenvalue weighted by molar-refractivity contribution is 5.92. The van der Waals surface area contributed by atoms with Crippen molar-refractivity contribution >= 4 is 5.91 Å². The monoisotopic (exact) mass is 285 g/mol. The van der Waals surface area contributed by atoms with Gasteiger partial charge in [-0.05, 0) is 44.5 Å². The van der Waals surface area contributed by atoms with Gasteiger partial charge in [0.05, 0.1) is 6.54 Å². The van der Waals surface area contributed by atoms with Gasteiger partial charge < -0.3 is 14.8 Å². The van der Waals surface area contributed by atoms with Gasteiger partial charge in [-0.15, -0.1) is 0 Å². The molecule has 0 aromatic carbocycles. The zero-order valence-electron chi connectivity index (χ0n) is 11.7. The first-order valence-corrected chi connectivity index (χ1v) is 6.99. The van der Waals surface area contributed by atoms with E-state index in [2.05, 4.69) is 5.32 Å². The van der Waals surface area contributed by atoms with E-state index in [9.17, 15) is 13.6 Å². The molecule has 0 spiro atoms. The van der Waals surface area contributed by atoms with Gasteiger partial charge >= 0.3 is 0 Å². The molecule has 2 heterocycles. The number of alkyl halides is 2. The smallest absolute Gasteiger partial charge is 0.270 e. The molecule has 1 N–H and O–H groups in total. The molecule has 20 heavy (non-hydrogen) atoms. The van der Waals surface area contributed by atoms with E-state index in [-0.39, 0.29) is 5.91 Å². The Morgan fingerprint density at radius 3 is 2.75 bits per heavy atom. The summed E-state index contributed by atoms with van der Waals surface area (Å²) in [5.41, 5.74) is 0.359. The molecule has 0 aliphatic carbocycles. The van der Waals surface area contributed by atoms with Gasteiger partial charge in [0.25, 0.3) is 12.3 Å². The van der Waals surface area contributed by atoms with E-state index < -0.39 is 13.0 Å². The molecule has 4 nitrogen and oxygen atoms in total. The minimum Gasteiger partial charge on any atom is -0.338 e. The molecule has 1 saturated heterocycles. The van der Waals surface area contributed by atoms with Crippen molar-refractivity contribution in [2.75, 3.05) is 26.7 Å². The lowest BCUT2D eigenvalue weighted by atomic mass is 9.96. The Balaban J connectivity index is 1.97. The number of amides is 1. The summed E-state index contributed by atoms with van der Waals surface area (Å²) in [6.45, 7) is 1.93. The van der Waals surface area contributed by atoms with Crippen molar-refractivity contribution in [3.63, 3.8) is 0 Å². The lowest BCUT2D eigenvalue weighted by molar-refractivity contribution is 0.0671. The average Bonchev–Trinajstić information content (AvgIpc) is 2.86. The standard InChI is InChI=1S/C14H21F2N3O/c1-17-9-11-4-7-18(8-5-11)14(20)12-3-2-6-19(12)10-13(15)16/h2-3,6,11,13,17H,4-5,7-10H2,1H3. The fourth-order valence-corrected chi connectivity index (χ4v) is 2.71. The van der Waals surface area contributed by atoms with Crippen LogP contribution in [0.15, 0.2) is 18.3 Å². The van der Waals surface area contributed by atoms with Crippen LogP contribution in [0, 0.1) is 5.92 Å². The molecule has 0 unspecified atom stereocenters. The molecule has 1 amide bonds. The van der Waals surface area contributed by atoms with Gasteiger partial charge in [-0.25, -0.2) is 8.78 Å². The van der Waals surface area contributed by atoms with Crippen molar-refractivity contribution in [1.29, 1.82) is 0 Å². The van der Waals surface area contributed by atoms with Crippen molar-refractivity contribution in [2.24, 2.45) is 5.92 Å². The van der Waals surface area contributed by atoms with Crippen LogP contribution < -0.4 is 5.32 Å². The molecule has 0 saturated carbocycles. The Morgan fingerprint density at radius 2 is 2.15 bits per heavy atom. The molecule has 1 aliphatic rings. The maximum Gasteiger partial charge on any atom is 0.270 e. The van der Waals surface area contributed by atoms with E-state index in [4.69, 9.17) is 0 Å². The summed E-state index contributed by atoms with van der Waals surface area (Å²) < 4.78 is 26.3. The second-order valence-electron chi connectivity index (χ2n) is 5.23.